The fraction of sp³-hybridized carbons (Fsp3) is 0.346. The summed E-state index contributed by atoms with van der Waals surface area (Å²) in [5.41, 5.74) is 1.73. The number of ether oxygens (including phenoxy) is 1. The number of aryl methyl sites for hydroxylation is 2. The average Bonchev–Trinajstić information content (AvgIpc) is 3.27. The van der Waals surface area contributed by atoms with Gasteiger partial charge in [0.15, 0.2) is 0 Å². The number of halogens is 4. The Labute approximate surface area is 217 Å². The summed E-state index contributed by atoms with van der Waals surface area (Å²) in [4.78, 5) is 27.7. The van der Waals surface area contributed by atoms with Crippen LogP contribution in [0, 0.1) is 6.92 Å². The van der Waals surface area contributed by atoms with Crippen LogP contribution in [0.3, 0.4) is 0 Å². The van der Waals surface area contributed by atoms with Gasteiger partial charge < -0.3 is 15.0 Å². The number of hydrogen-bond donors (Lipinski definition) is 1. The van der Waals surface area contributed by atoms with Crippen molar-refractivity contribution < 1.29 is 27.5 Å². The molecule has 3 aromatic rings. The Morgan fingerprint density at radius 2 is 1.92 bits per heavy atom. The van der Waals surface area contributed by atoms with Gasteiger partial charge in [0.05, 0.1) is 10.7 Å². The van der Waals surface area contributed by atoms with Gasteiger partial charge in [-0.2, -0.15) is 5.10 Å². The summed E-state index contributed by atoms with van der Waals surface area (Å²) in [6.07, 6.45) is -0.648. The van der Waals surface area contributed by atoms with E-state index in [2.05, 4.69) is 15.2 Å². The first-order chi connectivity index (χ1) is 17.6. The summed E-state index contributed by atoms with van der Waals surface area (Å²) in [7, 11) is 0. The highest BCUT2D eigenvalue weighted by Crippen LogP contribution is 2.38. The molecule has 4 rings (SSSR count). The largest absolute Gasteiger partial charge is 0.573 e. The van der Waals surface area contributed by atoms with Crippen molar-refractivity contribution >= 4 is 29.1 Å². The highest BCUT2D eigenvalue weighted by atomic mass is 35.5. The summed E-state index contributed by atoms with van der Waals surface area (Å²) >= 11 is 6.40. The number of benzene rings is 2. The minimum absolute atomic E-state index is 0.123. The van der Waals surface area contributed by atoms with E-state index in [1.54, 1.807) is 21.7 Å². The van der Waals surface area contributed by atoms with Gasteiger partial charge in [-0.15, -0.1) is 13.2 Å². The summed E-state index contributed by atoms with van der Waals surface area (Å²) < 4.78 is 44.3. The van der Waals surface area contributed by atoms with Crippen molar-refractivity contribution in [3.05, 3.63) is 65.4 Å². The fourth-order valence-corrected chi connectivity index (χ4v) is 4.67. The molecule has 1 saturated heterocycles. The quantitative estimate of drug-likeness (QED) is 0.414. The number of rotatable bonds is 7. The molecule has 2 heterocycles. The number of para-hydroxylation sites is 1. The molecule has 1 aliphatic heterocycles. The molecular weight excluding hydrogens is 509 g/mol. The zero-order valence-electron chi connectivity index (χ0n) is 20.1. The van der Waals surface area contributed by atoms with Crippen LogP contribution in [0.5, 0.6) is 5.75 Å². The van der Waals surface area contributed by atoms with Gasteiger partial charge in [0, 0.05) is 42.5 Å². The molecule has 7 nitrogen and oxygen atoms in total. The molecule has 0 aliphatic carbocycles. The van der Waals surface area contributed by atoms with E-state index < -0.39 is 12.4 Å². The molecule has 1 aromatic heterocycles. The van der Waals surface area contributed by atoms with Gasteiger partial charge in [-0.3, -0.25) is 14.3 Å². The van der Waals surface area contributed by atoms with Gasteiger partial charge in [0.2, 0.25) is 11.8 Å². The predicted molar refractivity (Wildman–Crippen MR) is 133 cm³/mol. The lowest BCUT2D eigenvalue weighted by Crippen LogP contribution is -2.50. The van der Waals surface area contributed by atoms with Gasteiger partial charge in [-0.25, -0.2) is 0 Å². The van der Waals surface area contributed by atoms with Crippen molar-refractivity contribution in [2.75, 3.05) is 11.9 Å². The minimum Gasteiger partial charge on any atom is -0.405 e. The highest BCUT2D eigenvalue weighted by molar-refractivity contribution is 6.33. The van der Waals surface area contributed by atoms with Gasteiger partial charge >= 0.3 is 6.36 Å². The topological polar surface area (TPSA) is 76.5 Å². The third-order valence-electron chi connectivity index (χ3n) is 6.09. The fourth-order valence-electron chi connectivity index (χ4n) is 4.38. The maximum Gasteiger partial charge on any atom is 0.573 e. The first-order valence-corrected chi connectivity index (χ1v) is 12.2. The molecule has 37 heavy (non-hydrogen) atoms. The van der Waals surface area contributed by atoms with Crippen LogP contribution < -0.4 is 10.1 Å². The number of hydrogen-bond acceptors (Lipinski definition) is 4. The Hall–Kier alpha value is -3.53. The van der Waals surface area contributed by atoms with Crippen LogP contribution >= 0.6 is 11.6 Å². The summed E-state index contributed by atoms with van der Waals surface area (Å²) in [5, 5.41) is 7.23. The van der Waals surface area contributed by atoms with Crippen LogP contribution in [0.15, 0.2) is 54.7 Å². The number of carbonyl (C=O) groups excluding carboxylic acids is 2. The molecule has 0 unspecified atom stereocenters. The Balaban J connectivity index is 1.45. The van der Waals surface area contributed by atoms with E-state index in [1.165, 1.54) is 30.3 Å². The molecule has 11 heteroatoms. The summed E-state index contributed by atoms with van der Waals surface area (Å²) in [6, 6.07) is 11.5. The van der Waals surface area contributed by atoms with E-state index in [0.29, 0.717) is 30.8 Å². The molecule has 0 radical (unpaired) electrons. The Morgan fingerprint density at radius 3 is 2.62 bits per heavy atom. The number of carbonyl (C=O) groups is 2. The van der Waals surface area contributed by atoms with Crippen molar-refractivity contribution in [1.29, 1.82) is 0 Å². The zero-order chi connectivity index (χ0) is 26.6. The Bertz CT molecular complexity index is 1280. The number of nitrogens with one attached hydrogen (secondary N) is 1. The SMILES string of the molecule is Cc1ccn(CCC(=O)N2CCCC[C@@H]2C(=O)Nc2ccc(-c3ccccc3OC(F)(F)F)c(Cl)c2)n1. The van der Waals surface area contributed by atoms with Crippen LogP contribution in [0.2, 0.25) is 5.02 Å². The number of likely N-dealkylation sites (tertiary alicyclic amines) is 1. The van der Waals surface area contributed by atoms with Crippen molar-refractivity contribution in [3.8, 4) is 16.9 Å². The standard InChI is InChI=1S/C26H26ClF3N4O3/c1-17-11-14-33(32-17)15-12-24(35)34-13-5-4-7-22(34)25(36)31-18-9-10-19(21(27)16-18)20-6-2-3-8-23(20)37-26(28,29)30/h2-3,6,8-11,14,16,22H,4-5,7,12-13,15H2,1H3,(H,31,36)/t22-/m1/s1. The third kappa shape index (κ3) is 6.82. The van der Waals surface area contributed by atoms with Crippen molar-refractivity contribution in [1.82, 2.24) is 14.7 Å². The lowest BCUT2D eigenvalue weighted by Gasteiger charge is -2.34. The number of amides is 2. The van der Waals surface area contributed by atoms with Crippen LogP contribution in [0.1, 0.15) is 31.4 Å². The van der Waals surface area contributed by atoms with E-state index in [0.717, 1.165) is 18.5 Å². The normalized spacial score (nSPS) is 15.9. The molecule has 1 aliphatic rings. The number of alkyl halides is 3. The number of aromatic nitrogens is 2. The number of piperidine rings is 1. The smallest absolute Gasteiger partial charge is 0.405 e. The maximum absolute atomic E-state index is 13.1. The lowest BCUT2D eigenvalue weighted by molar-refractivity contribution is -0.274. The molecule has 2 aromatic carbocycles. The summed E-state index contributed by atoms with van der Waals surface area (Å²) in [5.74, 6) is -0.842. The molecule has 2 amide bonds. The first-order valence-electron chi connectivity index (χ1n) is 11.9. The number of anilines is 1. The monoisotopic (exact) mass is 534 g/mol. The van der Waals surface area contributed by atoms with E-state index in [1.807, 2.05) is 19.2 Å². The van der Waals surface area contributed by atoms with E-state index in [4.69, 9.17) is 11.6 Å². The third-order valence-corrected chi connectivity index (χ3v) is 6.41. The average molecular weight is 535 g/mol. The second-order valence-electron chi connectivity index (χ2n) is 8.80. The van der Waals surface area contributed by atoms with E-state index in [-0.39, 0.29) is 34.6 Å². The van der Waals surface area contributed by atoms with E-state index in [9.17, 15) is 22.8 Å². The van der Waals surface area contributed by atoms with Gasteiger partial charge in [-0.1, -0.05) is 35.9 Å². The van der Waals surface area contributed by atoms with Crippen LogP contribution in [0.4, 0.5) is 18.9 Å². The first kappa shape index (κ1) is 26.5. The van der Waals surface area contributed by atoms with Crippen molar-refractivity contribution in [3.63, 3.8) is 0 Å². The van der Waals surface area contributed by atoms with Gasteiger partial charge in [0.25, 0.3) is 0 Å². The van der Waals surface area contributed by atoms with Crippen molar-refractivity contribution in [2.45, 2.75) is 51.6 Å². The molecule has 196 valence electrons. The van der Waals surface area contributed by atoms with Crippen LogP contribution in [0.25, 0.3) is 11.1 Å². The molecule has 1 fully saturated rings. The highest BCUT2D eigenvalue weighted by Gasteiger charge is 2.33. The second-order valence-corrected chi connectivity index (χ2v) is 9.20. The predicted octanol–water partition coefficient (Wildman–Crippen LogP) is 5.82. The molecule has 0 saturated carbocycles. The number of nitrogens with zero attached hydrogens (tertiary/aromatic N) is 3. The summed E-state index contributed by atoms with van der Waals surface area (Å²) in [6.45, 7) is 2.79. The zero-order valence-corrected chi connectivity index (χ0v) is 20.9. The van der Waals surface area contributed by atoms with Crippen LogP contribution in [-0.2, 0) is 16.1 Å². The maximum atomic E-state index is 13.1. The Kier molecular flexibility index (Phi) is 8.06. The van der Waals surface area contributed by atoms with E-state index >= 15 is 0 Å². The molecule has 0 bridgehead atoms. The van der Waals surface area contributed by atoms with Gasteiger partial charge in [0.1, 0.15) is 11.8 Å². The van der Waals surface area contributed by atoms with Crippen LogP contribution in [-0.4, -0.2) is 45.4 Å². The van der Waals surface area contributed by atoms with Crippen molar-refractivity contribution in [2.24, 2.45) is 0 Å². The Morgan fingerprint density at radius 1 is 1.14 bits per heavy atom. The molecule has 1 atom stereocenters. The lowest BCUT2D eigenvalue weighted by atomic mass is 10.0. The molecular formula is C26H26ClF3N4O3. The minimum atomic E-state index is -4.85. The molecule has 0 spiro atoms. The second kappa shape index (κ2) is 11.2. The molecule has 1 N–H and O–H groups in total. The van der Waals surface area contributed by atoms with Gasteiger partial charge in [-0.05, 0) is 50.5 Å².